The molecule has 0 unspecified atom stereocenters. The third-order valence-corrected chi connectivity index (χ3v) is 5.13. The summed E-state index contributed by atoms with van der Waals surface area (Å²) >= 11 is 0. The first-order valence-electron chi connectivity index (χ1n) is 6.78. The molecular weight excluding hydrogens is 234 g/mol. The molecule has 0 aliphatic rings. The second-order valence-electron chi connectivity index (χ2n) is 3.48. The van der Waals surface area contributed by atoms with Crippen molar-refractivity contribution >= 4 is 8.80 Å². The molecule has 0 bridgehead atoms. The Hall–Kier alpha value is 0.0569. The lowest BCUT2D eigenvalue weighted by molar-refractivity contribution is 0.0725. The van der Waals surface area contributed by atoms with E-state index < -0.39 is 8.80 Å². The zero-order valence-electron chi connectivity index (χ0n) is 12.3. The van der Waals surface area contributed by atoms with Crippen LogP contribution in [-0.4, -0.2) is 35.2 Å². The van der Waals surface area contributed by atoms with E-state index >= 15 is 0 Å². The van der Waals surface area contributed by atoms with Gasteiger partial charge in [0.1, 0.15) is 0 Å². The minimum atomic E-state index is -2.27. The summed E-state index contributed by atoms with van der Waals surface area (Å²) in [6.45, 7) is 12.9. The zero-order valence-corrected chi connectivity index (χ0v) is 13.3. The first kappa shape index (κ1) is 19.4. The van der Waals surface area contributed by atoms with E-state index in [1.165, 1.54) is 12.8 Å². The summed E-state index contributed by atoms with van der Waals surface area (Å²) in [5.41, 5.74) is 5.14. The Bertz CT molecular complexity index is 129. The number of nitrogens with two attached hydrogens (primary N) is 1. The lowest BCUT2D eigenvalue weighted by Gasteiger charge is -2.26. The standard InChI is InChI=1S/C8H20O3Si.C4H11N/c1-5-9-12(8-4,10-6-2)11-7-3;1-2-3-4-5/h5-8H2,1-4H3;2-5H2,1H3. The summed E-state index contributed by atoms with van der Waals surface area (Å²) in [5.74, 6) is 0. The SMILES string of the molecule is CCCCN.CCO[Si](CC)(OCC)OCC. The van der Waals surface area contributed by atoms with Crippen LogP contribution < -0.4 is 5.73 Å². The molecule has 0 fully saturated rings. The summed E-state index contributed by atoms with van der Waals surface area (Å²) in [7, 11) is -2.27. The average molecular weight is 265 g/mol. The van der Waals surface area contributed by atoms with Crippen LogP contribution in [0, 0.1) is 0 Å². The fraction of sp³-hybridized carbons (Fsp3) is 1.00. The van der Waals surface area contributed by atoms with Gasteiger partial charge in [-0.1, -0.05) is 20.3 Å². The average Bonchev–Trinajstić information content (AvgIpc) is 2.32. The van der Waals surface area contributed by atoms with Crippen LogP contribution in [0.2, 0.25) is 6.04 Å². The molecule has 0 aliphatic heterocycles. The van der Waals surface area contributed by atoms with Crippen molar-refractivity contribution < 1.29 is 13.3 Å². The van der Waals surface area contributed by atoms with Gasteiger partial charge in [0.15, 0.2) is 0 Å². The molecule has 0 radical (unpaired) electrons. The van der Waals surface area contributed by atoms with Crippen LogP contribution in [-0.2, 0) is 13.3 Å². The zero-order chi connectivity index (χ0) is 13.6. The fourth-order valence-corrected chi connectivity index (χ4v) is 3.48. The Morgan fingerprint density at radius 1 is 0.824 bits per heavy atom. The number of hydrogen-bond donors (Lipinski definition) is 1. The Morgan fingerprint density at radius 2 is 1.24 bits per heavy atom. The normalized spacial score (nSPS) is 10.9. The molecule has 17 heavy (non-hydrogen) atoms. The van der Waals surface area contributed by atoms with Gasteiger partial charge < -0.3 is 19.0 Å². The molecular formula is C12H31NO3Si. The Morgan fingerprint density at radius 3 is 1.35 bits per heavy atom. The summed E-state index contributed by atoms with van der Waals surface area (Å²) in [6, 6.07) is 0.850. The number of hydrogen-bond acceptors (Lipinski definition) is 4. The van der Waals surface area contributed by atoms with Gasteiger partial charge in [-0.15, -0.1) is 0 Å². The van der Waals surface area contributed by atoms with Crippen molar-refractivity contribution in [3.63, 3.8) is 0 Å². The van der Waals surface area contributed by atoms with Crippen molar-refractivity contribution in [3.8, 4) is 0 Å². The van der Waals surface area contributed by atoms with Gasteiger partial charge in [0.25, 0.3) is 0 Å². The quantitative estimate of drug-likeness (QED) is 0.651. The molecule has 0 rings (SSSR count). The Labute approximate surface area is 108 Å². The maximum Gasteiger partial charge on any atom is 0.500 e. The van der Waals surface area contributed by atoms with Crippen LogP contribution in [0.5, 0.6) is 0 Å². The molecule has 0 atom stereocenters. The highest BCUT2D eigenvalue weighted by atomic mass is 28.4. The highest BCUT2D eigenvalue weighted by Gasteiger charge is 2.37. The maximum absolute atomic E-state index is 5.55. The molecule has 0 saturated heterocycles. The second-order valence-corrected chi connectivity index (χ2v) is 6.42. The van der Waals surface area contributed by atoms with E-state index in [-0.39, 0.29) is 0 Å². The van der Waals surface area contributed by atoms with Crippen LogP contribution in [0.15, 0.2) is 0 Å². The van der Waals surface area contributed by atoms with Crippen molar-refractivity contribution in [1.82, 2.24) is 0 Å². The van der Waals surface area contributed by atoms with E-state index in [1.54, 1.807) is 0 Å². The third-order valence-electron chi connectivity index (χ3n) is 2.08. The highest BCUT2D eigenvalue weighted by Crippen LogP contribution is 2.14. The topological polar surface area (TPSA) is 53.7 Å². The van der Waals surface area contributed by atoms with Crippen molar-refractivity contribution in [3.05, 3.63) is 0 Å². The van der Waals surface area contributed by atoms with E-state index in [4.69, 9.17) is 19.0 Å². The van der Waals surface area contributed by atoms with Crippen LogP contribution in [0.3, 0.4) is 0 Å². The first-order chi connectivity index (χ1) is 8.16. The molecule has 0 amide bonds. The Balaban J connectivity index is 0. The van der Waals surface area contributed by atoms with Gasteiger partial charge >= 0.3 is 8.80 Å². The largest absolute Gasteiger partial charge is 0.500 e. The van der Waals surface area contributed by atoms with Crippen molar-refractivity contribution in [2.75, 3.05) is 26.4 Å². The molecule has 0 saturated carbocycles. The fourth-order valence-electron chi connectivity index (χ4n) is 1.30. The van der Waals surface area contributed by atoms with E-state index in [2.05, 4.69) is 6.92 Å². The minimum absolute atomic E-state index is 0.667. The summed E-state index contributed by atoms with van der Waals surface area (Å²) in [4.78, 5) is 0. The predicted octanol–water partition coefficient (Wildman–Crippen LogP) is 2.80. The molecule has 4 nitrogen and oxygen atoms in total. The van der Waals surface area contributed by atoms with Crippen LogP contribution in [0.1, 0.15) is 47.5 Å². The Kier molecular flexibility index (Phi) is 16.1. The van der Waals surface area contributed by atoms with Gasteiger partial charge in [0.2, 0.25) is 0 Å². The third kappa shape index (κ3) is 10.9. The van der Waals surface area contributed by atoms with Crippen molar-refractivity contribution in [2.45, 2.75) is 53.5 Å². The molecule has 0 aromatic heterocycles. The summed E-state index contributed by atoms with van der Waals surface area (Å²) < 4.78 is 16.7. The van der Waals surface area contributed by atoms with Crippen LogP contribution in [0.25, 0.3) is 0 Å². The molecule has 0 heterocycles. The predicted molar refractivity (Wildman–Crippen MR) is 75.1 cm³/mol. The minimum Gasteiger partial charge on any atom is -0.374 e. The van der Waals surface area contributed by atoms with Crippen molar-refractivity contribution in [1.29, 1.82) is 0 Å². The van der Waals surface area contributed by atoms with E-state index in [9.17, 15) is 0 Å². The second kappa shape index (κ2) is 14.1. The van der Waals surface area contributed by atoms with Gasteiger partial charge in [0, 0.05) is 25.9 Å². The molecule has 0 aromatic carbocycles. The van der Waals surface area contributed by atoms with Crippen molar-refractivity contribution in [2.24, 2.45) is 5.73 Å². The van der Waals surface area contributed by atoms with E-state index in [0.29, 0.717) is 19.8 Å². The first-order valence-corrected chi connectivity index (χ1v) is 8.71. The van der Waals surface area contributed by atoms with Crippen LogP contribution >= 0.6 is 0 Å². The van der Waals surface area contributed by atoms with E-state index in [1.807, 2.05) is 27.7 Å². The molecule has 5 heteroatoms. The van der Waals surface area contributed by atoms with Gasteiger partial charge in [-0.05, 0) is 33.7 Å². The molecule has 0 spiro atoms. The van der Waals surface area contributed by atoms with Gasteiger partial charge in [-0.2, -0.15) is 0 Å². The number of rotatable bonds is 9. The number of unbranched alkanes of at least 4 members (excludes halogenated alkanes) is 1. The summed E-state index contributed by atoms with van der Waals surface area (Å²) in [5, 5.41) is 0. The van der Waals surface area contributed by atoms with Gasteiger partial charge in [-0.25, -0.2) is 0 Å². The monoisotopic (exact) mass is 265 g/mol. The molecule has 2 N–H and O–H groups in total. The van der Waals surface area contributed by atoms with Crippen LogP contribution in [0.4, 0.5) is 0 Å². The lowest BCUT2D eigenvalue weighted by Crippen LogP contribution is -2.45. The smallest absolute Gasteiger partial charge is 0.374 e. The van der Waals surface area contributed by atoms with Gasteiger partial charge in [-0.3, -0.25) is 0 Å². The molecule has 0 aliphatic carbocycles. The summed E-state index contributed by atoms with van der Waals surface area (Å²) in [6.07, 6.45) is 2.39. The van der Waals surface area contributed by atoms with E-state index in [0.717, 1.165) is 12.6 Å². The highest BCUT2D eigenvalue weighted by molar-refractivity contribution is 6.60. The lowest BCUT2D eigenvalue weighted by atomic mass is 10.3. The molecule has 0 aromatic rings. The molecule has 106 valence electrons. The van der Waals surface area contributed by atoms with Gasteiger partial charge in [0.05, 0.1) is 0 Å². The maximum atomic E-state index is 5.55.